The lowest BCUT2D eigenvalue weighted by molar-refractivity contribution is 0.410. The van der Waals surface area contributed by atoms with E-state index in [9.17, 15) is 10.2 Å². The van der Waals surface area contributed by atoms with Gasteiger partial charge in [0.05, 0.1) is 16.9 Å². The van der Waals surface area contributed by atoms with Gasteiger partial charge in [0, 0.05) is 28.8 Å². The fourth-order valence-electron chi connectivity index (χ4n) is 3.71. The van der Waals surface area contributed by atoms with Gasteiger partial charge in [-0.25, -0.2) is 0 Å². The first-order valence-electron chi connectivity index (χ1n) is 12.3. The highest BCUT2D eigenvalue weighted by Gasteiger charge is 2.17. The van der Waals surface area contributed by atoms with E-state index in [2.05, 4.69) is 23.7 Å². The molecule has 0 atom stereocenters. The Morgan fingerprint density at radius 1 is 0.525 bits per heavy atom. The van der Waals surface area contributed by atoms with Crippen molar-refractivity contribution in [3.63, 3.8) is 0 Å². The van der Waals surface area contributed by atoms with Gasteiger partial charge in [0.25, 0.3) is 0 Å². The van der Waals surface area contributed by atoms with Gasteiger partial charge in [-0.05, 0) is 60.7 Å². The summed E-state index contributed by atoms with van der Waals surface area (Å²) in [6.45, 7) is 0. The topological polar surface area (TPSA) is 111 Å². The first-order chi connectivity index (χ1) is 19.5. The van der Waals surface area contributed by atoms with Crippen molar-refractivity contribution in [1.29, 1.82) is 0 Å². The number of ether oxygens (including phenoxy) is 2. The normalized spacial score (nSPS) is 10.0. The zero-order valence-electron chi connectivity index (χ0n) is 21.3. The van der Waals surface area contributed by atoms with E-state index in [0.29, 0.717) is 28.4 Å². The number of nitrogens with two attached hydrogens (primary N) is 2. The molecule has 0 unspecified atom stereocenters. The predicted molar refractivity (Wildman–Crippen MR) is 156 cm³/mol. The van der Waals surface area contributed by atoms with Crippen LogP contribution in [0.2, 0.25) is 0 Å². The van der Waals surface area contributed by atoms with Gasteiger partial charge in [0.15, 0.2) is 11.5 Å². The standard InChI is InChI=1S/C34H24N2O4/c35-29-18-15-26(21-31(29)37)39-33-20-14-25(13-11-23-7-3-1-4-8-23)28(17-12-24-9-5-2-6-10-24)34(33)40-27-16-19-30(36)32(38)22-27/h1-10,14-16,18-22,37-38H,35-36H2. The molecular weight excluding hydrogens is 500 g/mol. The minimum absolute atomic E-state index is 0.113. The number of hydrogen-bond donors (Lipinski definition) is 4. The van der Waals surface area contributed by atoms with Gasteiger partial charge < -0.3 is 31.2 Å². The number of benzene rings is 5. The molecule has 0 aliphatic rings. The first-order valence-corrected chi connectivity index (χ1v) is 12.3. The number of hydrogen-bond acceptors (Lipinski definition) is 6. The molecule has 0 aromatic heterocycles. The van der Waals surface area contributed by atoms with E-state index in [0.717, 1.165) is 11.1 Å². The second kappa shape index (κ2) is 11.6. The van der Waals surface area contributed by atoms with Crippen LogP contribution in [-0.2, 0) is 0 Å². The summed E-state index contributed by atoms with van der Waals surface area (Å²) >= 11 is 0. The summed E-state index contributed by atoms with van der Waals surface area (Å²) in [6, 6.07) is 31.8. The Labute approximate surface area is 232 Å². The van der Waals surface area contributed by atoms with Gasteiger partial charge in [-0.15, -0.1) is 0 Å². The van der Waals surface area contributed by atoms with Crippen LogP contribution < -0.4 is 20.9 Å². The summed E-state index contributed by atoms with van der Waals surface area (Å²) in [5.41, 5.74) is 14.7. The van der Waals surface area contributed by atoms with Crippen LogP contribution in [0, 0.1) is 23.7 Å². The van der Waals surface area contributed by atoms with Crippen LogP contribution in [0.15, 0.2) is 109 Å². The van der Waals surface area contributed by atoms with Gasteiger partial charge in [-0.3, -0.25) is 0 Å². The Morgan fingerprint density at radius 3 is 1.60 bits per heavy atom. The number of anilines is 2. The average molecular weight is 525 g/mol. The minimum Gasteiger partial charge on any atom is -0.506 e. The third-order valence-electron chi connectivity index (χ3n) is 5.79. The van der Waals surface area contributed by atoms with E-state index in [1.807, 2.05) is 60.7 Å². The highest BCUT2D eigenvalue weighted by molar-refractivity contribution is 5.67. The molecule has 40 heavy (non-hydrogen) atoms. The highest BCUT2D eigenvalue weighted by Crippen LogP contribution is 2.41. The second-order valence-electron chi connectivity index (χ2n) is 8.69. The van der Waals surface area contributed by atoms with Gasteiger partial charge in [0.2, 0.25) is 0 Å². The van der Waals surface area contributed by atoms with Gasteiger partial charge in [-0.1, -0.05) is 60.1 Å². The molecule has 6 heteroatoms. The van der Waals surface area contributed by atoms with Crippen LogP contribution in [0.5, 0.6) is 34.5 Å². The van der Waals surface area contributed by atoms with Crippen molar-refractivity contribution in [2.24, 2.45) is 0 Å². The third kappa shape index (κ3) is 6.11. The fourth-order valence-corrected chi connectivity index (χ4v) is 3.71. The van der Waals surface area contributed by atoms with Crippen molar-refractivity contribution in [3.8, 4) is 58.2 Å². The molecule has 0 bridgehead atoms. The second-order valence-corrected chi connectivity index (χ2v) is 8.69. The van der Waals surface area contributed by atoms with E-state index < -0.39 is 0 Å². The lowest BCUT2D eigenvalue weighted by atomic mass is 10.0. The largest absolute Gasteiger partial charge is 0.506 e. The van der Waals surface area contributed by atoms with Crippen LogP contribution in [0.3, 0.4) is 0 Å². The maximum atomic E-state index is 10.2. The van der Waals surface area contributed by atoms with Crippen LogP contribution in [0.25, 0.3) is 0 Å². The molecule has 0 saturated heterocycles. The lowest BCUT2D eigenvalue weighted by Gasteiger charge is -2.16. The summed E-state index contributed by atoms with van der Waals surface area (Å²) in [5, 5.41) is 20.3. The molecule has 6 nitrogen and oxygen atoms in total. The van der Waals surface area contributed by atoms with Crippen molar-refractivity contribution >= 4 is 11.4 Å². The number of nitrogen functional groups attached to an aromatic ring is 2. The van der Waals surface area contributed by atoms with E-state index in [1.165, 1.54) is 18.2 Å². The Morgan fingerprint density at radius 2 is 1.05 bits per heavy atom. The molecule has 5 rings (SSSR count). The molecule has 0 fully saturated rings. The molecule has 0 aliphatic heterocycles. The van der Waals surface area contributed by atoms with Crippen molar-refractivity contribution in [3.05, 3.63) is 131 Å². The van der Waals surface area contributed by atoms with Gasteiger partial charge in [0.1, 0.15) is 23.0 Å². The van der Waals surface area contributed by atoms with Crippen molar-refractivity contribution < 1.29 is 19.7 Å². The summed E-state index contributed by atoms with van der Waals surface area (Å²) in [4.78, 5) is 0. The molecule has 0 aliphatic carbocycles. The van der Waals surface area contributed by atoms with Crippen LogP contribution in [0.4, 0.5) is 11.4 Å². The summed E-state index contributed by atoms with van der Waals surface area (Å²) in [7, 11) is 0. The van der Waals surface area contributed by atoms with Gasteiger partial charge >= 0.3 is 0 Å². The molecule has 0 radical (unpaired) electrons. The van der Waals surface area contributed by atoms with Crippen LogP contribution >= 0.6 is 0 Å². The SMILES string of the molecule is Nc1ccc(Oc2ccc(C#Cc3ccccc3)c(C#Cc3ccccc3)c2Oc2ccc(N)c(O)c2)cc1O. The molecule has 0 amide bonds. The molecule has 6 N–H and O–H groups in total. The van der Waals surface area contributed by atoms with E-state index in [4.69, 9.17) is 20.9 Å². The smallest absolute Gasteiger partial charge is 0.186 e. The number of phenols is 2. The van der Waals surface area contributed by atoms with E-state index in [-0.39, 0.29) is 28.6 Å². The third-order valence-corrected chi connectivity index (χ3v) is 5.79. The van der Waals surface area contributed by atoms with Crippen LogP contribution in [0.1, 0.15) is 22.3 Å². The molecule has 5 aromatic rings. The fraction of sp³-hybridized carbons (Fsp3) is 0. The van der Waals surface area contributed by atoms with Crippen molar-refractivity contribution in [2.45, 2.75) is 0 Å². The summed E-state index contributed by atoms with van der Waals surface area (Å²) < 4.78 is 12.4. The van der Waals surface area contributed by atoms with E-state index >= 15 is 0 Å². The quantitative estimate of drug-likeness (QED) is 0.119. The van der Waals surface area contributed by atoms with E-state index in [1.54, 1.807) is 30.3 Å². The molecule has 0 saturated carbocycles. The Kier molecular flexibility index (Phi) is 7.44. The average Bonchev–Trinajstić information content (AvgIpc) is 2.97. The van der Waals surface area contributed by atoms with Crippen molar-refractivity contribution in [1.82, 2.24) is 0 Å². The zero-order valence-corrected chi connectivity index (χ0v) is 21.3. The maximum Gasteiger partial charge on any atom is 0.186 e. The minimum atomic E-state index is -0.125. The lowest BCUT2D eigenvalue weighted by Crippen LogP contribution is -1.97. The van der Waals surface area contributed by atoms with Crippen molar-refractivity contribution in [2.75, 3.05) is 11.5 Å². The molecule has 0 heterocycles. The van der Waals surface area contributed by atoms with Gasteiger partial charge in [-0.2, -0.15) is 0 Å². The molecule has 5 aromatic carbocycles. The number of aromatic hydroxyl groups is 2. The Bertz CT molecular complexity index is 1800. The molecular formula is C34H24N2O4. The first kappa shape index (κ1) is 25.7. The number of phenolic OH excluding ortho intramolecular Hbond substituents is 2. The van der Waals surface area contributed by atoms with Crippen LogP contribution in [-0.4, -0.2) is 10.2 Å². The molecule has 194 valence electrons. The summed E-state index contributed by atoms with van der Waals surface area (Å²) in [5.74, 6) is 13.8. The Balaban J connectivity index is 1.69. The maximum absolute atomic E-state index is 10.2. The Hall–Kier alpha value is -5.98. The molecule has 0 spiro atoms. The number of rotatable bonds is 4. The highest BCUT2D eigenvalue weighted by atomic mass is 16.5. The summed E-state index contributed by atoms with van der Waals surface area (Å²) in [6.07, 6.45) is 0. The zero-order chi connectivity index (χ0) is 27.9. The monoisotopic (exact) mass is 524 g/mol. The predicted octanol–water partition coefficient (Wildman–Crippen LogP) is 6.65.